The van der Waals surface area contributed by atoms with Crippen molar-refractivity contribution in [3.63, 3.8) is 0 Å². The molecule has 146 valence electrons. The molecular weight excluding hydrogens is 372 g/mol. The Bertz CT molecular complexity index is 1250. The molecule has 0 unspecified atom stereocenters. The molecule has 0 atom stereocenters. The lowest BCUT2D eigenvalue weighted by molar-refractivity contribution is 0.101. The lowest BCUT2D eigenvalue weighted by atomic mass is 9.97. The second-order valence-corrected chi connectivity index (χ2v) is 7.43. The third kappa shape index (κ3) is 3.22. The molecule has 0 heterocycles. The fraction of sp³-hybridized carbons (Fsp3) is 0.0769. The Kier molecular flexibility index (Phi) is 4.52. The van der Waals surface area contributed by atoms with Crippen molar-refractivity contribution < 1.29 is 9.59 Å². The van der Waals surface area contributed by atoms with Crippen LogP contribution in [0.25, 0.3) is 10.8 Å². The Morgan fingerprint density at radius 3 is 1.93 bits per heavy atom. The average molecular weight is 392 g/mol. The number of nitrogens with one attached hydrogen (secondary N) is 2. The van der Waals surface area contributed by atoms with Gasteiger partial charge in [0.25, 0.3) is 11.8 Å². The molecule has 0 spiro atoms. The van der Waals surface area contributed by atoms with E-state index in [4.69, 9.17) is 0 Å². The number of para-hydroxylation sites is 1. The standard InChI is InChI=1S/C26H20N2O2/c29-25(19-7-3-1-4-8-19)28-22-16-14-18-12-11-17-13-15-21(24(22)23(17)18)26(30)27-20-9-5-2-6-10-20/h1-10,13-16H,11-12H2,(H,27,30)(H,28,29). The van der Waals surface area contributed by atoms with Crippen molar-refractivity contribution in [1.29, 1.82) is 0 Å². The van der Waals surface area contributed by atoms with E-state index >= 15 is 0 Å². The first-order chi connectivity index (χ1) is 14.7. The summed E-state index contributed by atoms with van der Waals surface area (Å²) in [5.41, 5.74) is 4.96. The smallest absolute Gasteiger partial charge is 0.256 e. The van der Waals surface area contributed by atoms with Gasteiger partial charge in [0, 0.05) is 27.9 Å². The van der Waals surface area contributed by atoms with E-state index < -0.39 is 0 Å². The number of carbonyl (C=O) groups excluding carboxylic acids is 2. The summed E-state index contributed by atoms with van der Waals surface area (Å²) in [5.74, 6) is -0.379. The number of carbonyl (C=O) groups is 2. The normalized spacial score (nSPS) is 12.0. The lowest BCUT2D eigenvalue weighted by Crippen LogP contribution is -2.15. The first kappa shape index (κ1) is 18.1. The number of hydrogen-bond acceptors (Lipinski definition) is 2. The highest BCUT2D eigenvalue weighted by Crippen LogP contribution is 2.38. The minimum Gasteiger partial charge on any atom is -0.322 e. The van der Waals surface area contributed by atoms with E-state index in [0.29, 0.717) is 16.8 Å². The summed E-state index contributed by atoms with van der Waals surface area (Å²) in [6.07, 6.45) is 1.89. The number of rotatable bonds is 4. The molecule has 5 rings (SSSR count). The van der Waals surface area contributed by atoms with E-state index in [2.05, 4.69) is 16.7 Å². The number of hydrogen-bond donors (Lipinski definition) is 2. The molecule has 1 aliphatic carbocycles. The first-order valence-electron chi connectivity index (χ1n) is 10.0. The van der Waals surface area contributed by atoms with Crippen molar-refractivity contribution in [2.75, 3.05) is 10.6 Å². The summed E-state index contributed by atoms with van der Waals surface area (Å²) >= 11 is 0. The maximum atomic E-state index is 13.2. The van der Waals surface area contributed by atoms with Crippen molar-refractivity contribution in [1.82, 2.24) is 0 Å². The van der Waals surface area contributed by atoms with E-state index in [1.165, 1.54) is 11.1 Å². The van der Waals surface area contributed by atoms with Crippen molar-refractivity contribution in [2.24, 2.45) is 0 Å². The fourth-order valence-electron chi connectivity index (χ4n) is 4.13. The van der Waals surface area contributed by atoms with Crippen LogP contribution in [-0.4, -0.2) is 11.8 Å². The van der Waals surface area contributed by atoms with Crippen LogP contribution >= 0.6 is 0 Å². The molecule has 0 radical (unpaired) electrons. The highest BCUT2D eigenvalue weighted by Gasteiger charge is 2.22. The fourth-order valence-corrected chi connectivity index (χ4v) is 4.13. The molecule has 4 heteroatoms. The lowest BCUT2D eigenvalue weighted by Gasteiger charge is -2.15. The van der Waals surface area contributed by atoms with E-state index in [1.807, 2.05) is 66.7 Å². The molecule has 1 aliphatic rings. The zero-order valence-corrected chi connectivity index (χ0v) is 16.3. The number of benzene rings is 4. The topological polar surface area (TPSA) is 58.2 Å². The second kappa shape index (κ2) is 7.48. The van der Waals surface area contributed by atoms with Gasteiger partial charge in [-0.15, -0.1) is 0 Å². The van der Waals surface area contributed by atoms with Gasteiger partial charge in [-0.1, -0.05) is 48.5 Å². The van der Waals surface area contributed by atoms with Crippen molar-refractivity contribution in [3.05, 3.63) is 107 Å². The van der Waals surface area contributed by atoms with Crippen LogP contribution in [-0.2, 0) is 12.8 Å². The molecule has 0 saturated carbocycles. The van der Waals surface area contributed by atoms with Gasteiger partial charge in [0.2, 0.25) is 0 Å². The number of anilines is 2. The number of amides is 2. The molecule has 4 aromatic rings. The zero-order chi connectivity index (χ0) is 20.5. The summed E-state index contributed by atoms with van der Waals surface area (Å²) in [5, 5.41) is 7.88. The molecule has 0 fully saturated rings. The third-order valence-corrected chi connectivity index (χ3v) is 5.56. The summed E-state index contributed by atoms with van der Waals surface area (Å²) < 4.78 is 0. The van der Waals surface area contributed by atoms with Gasteiger partial charge in [0.15, 0.2) is 0 Å². The second-order valence-electron chi connectivity index (χ2n) is 7.43. The minimum atomic E-state index is -0.191. The van der Waals surface area contributed by atoms with Crippen molar-refractivity contribution in [3.8, 4) is 0 Å². The predicted molar refractivity (Wildman–Crippen MR) is 120 cm³/mol. The zero-order valence-electron chi connectivity index (χ0n) is 16.3. The minimum absolute atomic E-state index is 0.188. The number of aryl methyl sites for hydroxylation is 2. The molecule has 2 amide bonds. The SMILES string of the molecule is O=C(Nc1ccc2c3c(ccc(C(=O)Nc4ccccc4)c13)CC2)c1ccccc1. The highest BCUT2D eigenvalue weighted by molar-refractivity contribution is 6.20. The molecular formula is C26H20N2O2. The summed E-state index contributed by atoms with van der Waals surface area (Å²) in [4.78, 5) is 26.0. The van der Waals surface area contributed by atoms with Crippen LogP contribution in [0.3, 0.4) is 0 Å². The highest BCUT2D eigenvalue weighted by atomic mass is 16.2. The average Bonchev–Trinajstić information content (AvgIpc) is 3.21. The Morgan fingerprint density at radius 1 is 0.600 bits per heavy atom. The molecule has 0 saturated heterocycles. The van der Waals surface area contributed by atoms with Crippen LogP contribution in [0.5, 0.6) is 0 Å². The van der Waals surface area contributed by atoms with E-state index in [-0.39, 0.29) is 11.8 Å². The Morgan fingerprint density at radius 2 is 1.23 bits per heavy atom. The summed E-state index contributed by atoms with van der Waals surface area (Å²) in [6, 6.07) is 26.3. The van der Waals surface area contributed by atoms with Crippen LogP contribution in [0, 0.1) is 0 Å². The van der Waals surface area contributed by atoms with Crippen LogP contribution in [0.15, 0.2) is 84.9 Å². The quantitative estimate of drug-likeness (QED) is 0.486. The van der Waals surface area contributed by atoms with Gasteiger partial charge in [-0.3, -0.25) is 9.59 Å². The molecule has 0 aromatic heterocycles. The molecule has 0 bridgehead atoms. The Hall–Kier alpha value is -3.92. The summed E-state index contributed by atoms with van der Waals surface area (Å²) in [7, 11) is 0. The van der Waals surface area contributed by atoms with Gasteiger partial charge in [-0.25, -0.2) is 0 Å². The Labute approximate surface area is 174 Å². The van der Waals surface area contributed by atoms with Gasteiger partial charge < -0.3 is 10.6 Å². The third-order valence-electron chi connectivity index (χ3n) is 5.56. The monoisotopic (exact) mass is 392 g/mol. The molecule has 2 N–H and O–H groups in total. The summed E-state index contributed by atoms with van der Waals surface area (Å²) in [6.45, 7) is 0. The van der Waals surface area contributed by atoms with Crippen molar-refractivity contribution in [2.45, 2.75) is 12.8 Å². The first-order valence-corrected chi connectivity index (χ1v) is 10.0. The molecule has 30 heavy (non-hydrogen) atoms. The van der Waals surface area contributed by atoms with Crippen LogP contribution in [0.2, 0.25) is 0 Å². The maximum absolute atomic E-state index is 13.2. The van der Waals surface area contributed by atoms with Gasteiger partial charge in [0.05, 0.1) is 0 Å². The molecule has 4 nitrogen and oxygen atoms in total. The maximum Gasteiger partial charge on any atom is 0.256 e. The van der Waals surface area contributed by atoms with Crippen LogP contribution in [0.1, 0.15) is 31.8 Å². The van der Waals surface area contributed by atoms with Gasteiger partial charge in [-0.2, -0.15) is 0 Å². The largest absolute Gasteiger partial charge is 0.322 e. The van der Waals surface area contributed by atoms with Gasteiger partial charge in [-0.05, 0) is 65.8 Å². The van der Waals surface area contributed by atoms with Crippen LogP contribution in [0.4, 0.5) is 11.4 Å². The van der Waals surface area contributed by atoms with E-state index in [1.54, 1.807) is 12.1 Å². The van der Waals surface area contributed by atoms with Gasteiger partial charge in [0.1, 0.15) is 0 Å². The van der Waals surface area contributed by atoms with Crippen LogP contribution < -0.4 is 10.6 Å². The van der Waals surface area contributed by atoms with E-state index in [9.17, 15) is 9.59 Å². The predicted octanol–water partition coefficient (Wildman–Crippen LogP) is 5.44. The van der Waals surface area contributed by atoms with E-state index in [0.717, 1.165) is 29.3 Å². The van der Waals surface area contributed by atoms with Crippen molar-refractivity contribution >= 4 is 34.0 Å². The molecule has 0 aliphatic heterocycles. The Balaban J connectivity index is 1.60. The molecule has 4 aromatic carbocycles. The van der Waals surface area contributed by atoms with Gasteiger partial charge >= 0.3 is 0 Å².